The summed E-state index contributed by atoms with van der Waals surface area (Å²) in [5.41, 5.74) is 7.02. The standard InChI is InChI=1S/C24H39N/c1-10-11-12-23(17(2)3)20(7)24(18(4)5)21(8)25(9)22-15-13-19(6)14-16-22/h12,19,22H,2,4,8,10-11,13-16H2,1,3,5-7,9H3/b23-12+,24-20+. The molecule has 0 radical (unpaired) electrons. The van der Waals surface area contributed by atoms with Crippen LogP contribution in [0, 0.1) is 5.92 Å². The second-order valence-corrected chi connectivity index (χ2v) is 7.94. The minimum absolute atomic E-state index is 0.596. The zero-order valence-corrected chi connectivity index (χ0v) is 17.5. The van der Waals surface area contributed by atoms with Crippen LogP contribution in [0.4, 0.5) is 0 Å². The van der Waals surface area contributed by atoms with Crippen molar-refractivity contribution in [3.05, 3.63) is 59.4 Å². The van der Waals surface area contributed by atoms with Crippen LogP contribution in [0.25, 0.3) is 0 Å². The van der Waals surface area contributed by atoms with Crippen LogP contribution in [0.1, 0.15) is 73.1 Å². The van der Waals surface area contributed by atoms with Gasteiger partial charge < -0.3 is 4.90 Å². The van der Waals surface area contributed by atoms with E-state index >= 15 is 0 Å². The van der Waals surface area contributed by atoms with Crippen LogP contribution in [0.3, 0.4) is 0 Å². The second kappa shape index (κ2) is 9.85. The Hall–Kier alpha value is -1.50. The molecule has 0 amide bonds. The van der Waals surface area contributed by atoms with Gasteiger partial charge in [-0.25, -0.2) is 0 Å². The fraction of sp³-hybridized carbons (Fsp3) is 0.583. The lowest BCUT2D eigenvalue weighted by molar-refractivity contribution is 0.210. The predicted octanol–water partition coefficient (Wildman–Crippen LogP) is 7.21. The van der Waals surface area contributed by atoms with Gasteiger partial charge in [-0.2, -0.15) is 0 Å². The topological polar surface area (TPSA) is 3.24 Å². The molecule has 0 bridgehead atoms. The van der Waals surface area contributed by atoms with E-state index in [1.165, 1.54) is 42.4 Å². The summed E-state index contributed by atoms with van der Waals surface area (Å²) < 4.78 is 0. The number of allylic oxidation sites excluding steroid dienone is 5. The van der Waals surface area contributed by atoms with Gasteiger partial charge in [0.25, 0.3) is 0 Å². The molecule has 0 heterocycles. The van der Waals surface area contributed by atoms with Crippen LogP contribution in [0.5, 0.6) is 0 Å². The number of unbranched alkanes of at least 4 members (excludes halogenated alkanes) is 1. The summed E-state index contributed by atoms with van der Waals surface area (Å²) >= 11 is 0. The molecule has 1 fully saturated rings. The van der Waals surface area contributed by atoms with Crippen LogP contribution in [-0.2, 0) is 0 Å². The molecule has 1 rings (SSSR count). The van der Waals surface area contributed by atoms with Crippen LogP contribution < -0.4 is 0 Å². The Morgan fingerprint density at radius 1 is 1.00 bits per heavy atom. The van der Waals surface area contributed by atoms with Crippen molar-refractivity contribution < 1.29 is 0 Å². The predicted molar refractivity (Wildman–Crippen MR) is 114 cm³/mol. The first-order chi connectivity index (χ1) is 11.7. The van der Waals surface area contributed by atoms with E-state index in [1.807, 2.05) is 0 Å². The molecule has 1 aliphatic carbocycles. The Balaban J connectivity index is 3.17. The zero-order valence-electron chi connectivity index (χ0n) is 17.5. The van der Waals surface area contributed by atoms with Crippen molar-refractivity contribution in [3.8, 4) is 0 Å². The van der Waals surface area contributed by atoms with E-state index in [4.69, 9.17) is 0 Å². The fourth-order valence-corrected chi connectivity index (χ4v) is 3.88. The van der Waals surface area contributed by atoms with Crippen molar-refractivity contribution in [1.29, 1.82) is 0 Å². The fourth-order valence-electron chi connectivity index (χ4n) is 3.88. The number of likely N-dealkylation sites (N-methyl/N-ethyl adjacent to an activating group) is 1. The van der Waals surface area contributed by atoms with E-state index in [0.717, 1.165) is 35.6 Å². The minimum Gasteiger partial charge on any atom is -0.372 e. The van der Waals surface area contributed by atoms with Gasteiger partial charge in [-0.3, -0.25) is 0 Å². The molecule has 0 aromatic carbocycles. The molecule has 140 valence electrons. The van der Waals surface area contributed by atoms with Crippen molar-refractivity contribution in [2.24, 2.45) is 5.92 Å². The van der Waals surface area contributed by atoms with Crippen molar-refractivity contribution in [2.45, 2.75) is 79.2 Å². The lowest BCUT2D eigenvalue weighted by Crippen LogP contribution is -2.34. The maximum absolute atomic E-state index is 4.46. The Labute approximate surface area is 156 Å². The maximum Gasteiger partial charge on any atom is 0.0372 e. The summed E-state index contributed by atoms with van der Waals surface area (Å²) in [5, 5.41) is 0. The normalized spacial score (nSPS) is 22.2. The van der Waals surface area contributed by atoms with E-state index in [1.54, 1.807) is 0 Å². The van der Waals surface area contributed by atoms with Gasteiger partial charge in [0, 0.05) is 24.4 Å². The monoisotopic (exact) mass is 341 g/mol. The summed E-state index contributed by atoms with van der Waals surface area (Å²) in [6.07, 6.45) is 9.70. The van der Waals surface area contributed by atoms with Crippen LogP contribution in [-0.4, -0.2) is 18.0 Å². The van der Waals surface area contributed by atoms with Crippen molar-refractivity contribution in [2.75, 3.05) is 7.05 Å². The van der Waals surface area contributed by atoms with Gasteiger partial charge in [-0.1, -0.05) is 51.7 Å². The van der Waals surface area contributed by atoms with Gasteiger partial charge in [-0.05, 0) is 75.5 Å². The lowest BCUT2D eigenvalue weighted by Gasteiger charge is -2.37. The highest BCUT2D eigenvalue weighted by molar-refractivity contribution is 5.56. The summed E-state index contributed by atoms with van der Waals surface area (Å²) in [6, 6.07) is 0.596. The smallest absolute Gasteiger partial charge is 0.0372 e. The summed E-state index contributed by atoms with van der Waals surface area (Å²) in [7, 11) is 2.20. The van der Waals surface area contributed by atoms with Gasteiger partial charge in [-0.15, -0.1) is 0 Å². The van der Waals surface area contributed by atoms with Crippen LogP contribution in [0.15, 0.2) is 59.4 Å². The van der Waals surface area contributed by atoms with Gasteiger partial charge in [0.2, 0.25) is 0 Å². The number of rotatable bonds is 8. The van der Waals surface area contributed by atoms with E-state index < -0.39 is 0 Å². The summed E-state index contributed by atoms with van der Waals surface area (Å²) in [4.78, 5) is 2.40. The number of hydrogen-bond donors (Lipinski definition) is 0. The van der Waals surface area contributed by atoms with Gasteiger partial charge in [0.15, 0.2) is 0 Å². The number of hydrogen-bond acceptors (Lipinski definition) is 1. The quantitative estimate of drug-likeness (QED) is 0.422. The minimum atomic E-state index is 0.596. The lowest BCUT2D eigenvalue weighted by atomic mass is 9.85. The molecular weight excluding hydrogens is 302 g/mol. The van der Waals surface area contributed by atoms with Gasteiger partial charge >= 0.3 is 0 Å². The Morgan fingerprint density at radius 2 is 1.56 bits per heavy atom. The summed E-state index contributed by atoms with van der Waals surface area (Å²) in [6.45, 7) is 23.9. The second-order valence-electron chi connectivity index (χ2n) is 7.94. The first-order valence-corrected chi connectivity index (χ1v) is 9.85. The van der Waals surface area contributed by atoms with E-state index in [0.29, 0.717) is 6.04 Å². The molecule has 0 saturated heterocycles. The molecule has 0 aliphatic heterocycles. The van der Waals surface area contributed by atoms with Crippen molar-refractivity contribution >= 4 is 0 Å². The largest absolute Gasteiger partial charge is 0.372 e. The molecule has 1 heteroatoms. The van der Waals surface area contributed by atoms with Gasteiger partial charge in [0.05, 0.1) is 0 Å². The highest BCUT2D eigenvalue weighted by Gasteiger charge is 2.24. The highest BCUT2D eigenvalue weighted by Crippen LogP contribution is 2.34. The molecule has 1 aliphatic rings. The first kappa shape index (κ1) is 21.5. The highest BCUT2D eigenvalue weighted by atomic mass is 15.1. The molecular formula is C24H39N. The van der Waals surface area contributed by atoms with E-state index in [-0.39, 0.29) is 0 Å². The third kappa shape index (κ3) is 5.76. The van der Waals surface area contributed by atoms with E-state index in [2.05, 4.69) is 72.4 Å². The average molecular weight is 342 g/mol. The van der Waals surface area contributed by atoms with Gasteiger partial charge in [0.1, 0.15) is 0 Å². The number of nitrogens with zero attached hydrogens (tertiary/aromatic N) is 1. The van der Waals surface area contributed by atoms with Crippen LogP contribution >= 0.6 is 0 Å². The Kier molecular flexibility index (Phi) is 8.48. The SMILES string of the molecule is C=C(C)C(=C\CCC)/C(C)=C(\C(=C)C)C(=C)N(C)C1CCC(C)CC1. The molecule has 1 nitrogen and oxygen atoms in total. The third-order valence-electron chi connectivity index (χ3n) is 5.55. The molecule has 0 spiro atoms. The Bertz CT molecular complexity index is 565. The van der Waals surface area contributed by atoms with E-state index in [9.17, 15) is 0 Å². The van der Waals surface area contributed by atoms with Crippen molar-refractivity contribution in [3.63, 3.8) is 0 Å². The third-order valence-corrected chi connectivity index (χ3v) is 5.55. The molecule has 0 N–H and O–H groups in total. The molecule has 0 atom stereocenters. The van der Waals surface area contributed by atoms with Crippen LogP contribution in [0.2, 0.25) is 0 Å². The van der Waals surface area contributed by atoms with Crippen molar-refractivity contribution in [1.82, 2.24) is 4.90 Å². The molecule has 0 aromatic rings. The molecule has 25 heavy (non-hydrogen) atoms. The molecule has 0 aromatic heterocycles. The average Bonchev–Trinajstić information content (AvgIpc) is 2.54. The zero-order chi connectivity index (χ0) is 19.1. The molecule has 0 unspecified atom stereocenters. The maximum atomic E-state index is 4.46. The Morgan fingerprint density at radius 3 is 2.00 bits per heavy atom. The molecule has 1 saturated carbocycles. The first-order valence-electron chi connectivity index (χ1n) is 9.85. The summed E-state index contributed by atoms with van der Waals surface area (Å²) in [5.74, 6) is 0.864.